The van der Waals surface area contributed by atoms with Crippen LogP contribution in [0, 0.1) is 0 Å². The van der Waals surface area contributed by atoms with E-state index in [1.807, 2.05) is 22.8 Å². The summed E-state index contributed by atoms with van der Waals surface area (Å²) in [5, 5.41) is 12.4. The number of ether oxygens (including phenoxy) is 2. The maximum Gasteiger partial charge on any atom is 0.239 e. The topological polar surface area (TPSA) is 116 Å². The average Bonchev–Trinajstić information content (AvgIpc) is 3.44. The molecule has 1 aliphatic heterocycles. The summed E-state index contributed by atoms with van der Waals surface area (Å²) in [6.07, 6.45) is 4.87. The summed E-state index contributed by atoms with van der Waals surface area (Å²) in [5.41, 5.74) is 0.653. The number of nitrogens with one attached hydrogen (secondary N) is 2. The number of halogens is 1. The molecule has 33 heavy (non-hydrogen) atoms. The van der Waals surface area contributed by atoms with Gasteiger partial charge in [-0.3, -0.25) is 14.1 Å². The molecule has 174 valence electrons. The molecule has 10 nitrogen and oxygen atoms in total. The lowest BCUT2D eigenvalue weighted by Crippen LogP contribution is -2.22. The summed E-state index contributed by atoms with van der Waals surface area (Å²) in [4.78, 5) is 20.4. The molecule has 1 saturated heterocycles. The molecule has 0 radical (unpaired) electrons. The van der Waals surface area contributed by atoms with Crippen LogP contribution < -0.4 is 19.5 Å². The van der Waals surface area contributed by atoms with E-state index in [-0.39, 0.29) is 17.2 Å². The van der Waals surface area contributed by atoms with E-state index in [4.69, 9.17) is 21.1 Å². The first-order valence-electron chi connectivity index (χ1n) is 10.3. The van der Waals surface area contributed by atoms with E-state index in [1.54, 1.807) is 26.6 Å². The summed E-state index contributed by atoms with van der Waals surface area (Å²) >= 11 is 7.34. The summed E-state index contributed by atoms with van der Waals surface area (Å²) in [6, 6.07) is 5.26. The van der Waals surface area contributed by atoms with Crippen molar-refractivity contribution in [2.45, 2.75) is 37.5 Å². The maximum atomic E-state index is 11.9. The molecule has 1 fully saturated rings. The highest BCUT2D eigenvalue weighted by molar-refractivity contribution is 8.01. The number of carbonyl (C=O) groups excluding carboxylic acids is 1. The van der Waals surface area contributed by atoms with Crippen LogP contribution in [-0.2, 0) is 11.2 Å². The molecule has 2 aromatic heterocycles. The molecule has 12 heteroatoms. The van der Waals surface area contributed by atoms with Gasteiger partial charge in [-0.25, -0.2) is 9.97 Å². The lowest BCUT2D eigenvalue weighted by atomic mass is 10.2. The summed E-state index contributed by atoms with van der Waals surface area (Å²) in [7, 11) is 3.19. The number of amides is 1. The van der Waals surface area contributed by atoms with Crippen LogP contribution in [-0.4, -0.2) is 50.1 Å². The van der Waals surface area contributed by atoms with Crippen molar-refractivity contribution in [1.29, 1.82) is 0 Å². The fourth-order valence-electron chi connectivity index (χ4n) is 3.56. The summed E-state index contributed by atoms with van der Waals surface area (Å²) < 4.78 is 16.4. The van der Waals surface area contributed by atoms with Crippen molar-refractivity contribution in [3.63, 3.8) is 0 Å². The van der Waals surface area contributed by atoms with Crippen LogP contribution in [0.3, 0.4) is 0 Å². The Kier molecular flexibility index (Phi) is 7.19. The van der Waals surface area contributed by atoms with Crippen molar-refractivity contribution in [3.8, 4) is 17.2 Å². The number of carbonyl (C=O) groups is 1. The Morgan fingerprint density at radius 1 is 1.24 bits per heavy atom. The number of aromatic nitrogens is 5. The van der Waals surface area contributed by atoms with Crippen LogP contribution in [0.25, 0.3) is 5.69 Å². The summed E-state index contributed by atoms with van der Waals surface area (Å²) in [5.74, 6) is 2.96. The normalized spacial score (nSPS) is 16.4. The van der Waals surface area contributed by atoms with Crippen molar-refractivity contribution >= 4 is 35.4 Å². The van der Waals surface area contributed by atoms with E-state index in [0.29, 0.717) is 59.1 Å². The number of rotatable bonds is 9. The van der Waals surface area contributed by atoms with E-state index < -0.39 is 0 Å². The molecule has 0 aliphatic carbocycles. The molecule has 2 unspecified atom stereocenters. The second-order valence-electron chi connectivity index (χ2n) is 7.44. The molecule has 3 aromatic rings. The monoisotopic (exact) mass is 489 g/mol. The van der Waals surface area contributed by atoms with Crippen LogP contribution in [0.15, 0.2) is 30.6 Å². The molecule has 2 N–H and O–H groups in total. The molecule has 3 heterocycles. The number of hydrogen-bond donors (Lipinski definition) is 2. The third-order valence-corrected chi connectivity index (χ3v) is 6.18. The zero-order chi connectivity index (χ0) is 23.4. The van der Waals surface area contributed by atoms with Gasteiger partial charge in [-0.1, -0.05) is 24.6 Å². The molecule has 2 atom stereocenters. The van der Waals surface area contributed by atoms with Crippen LogP contribution in [0.5, 0.6) is 11.5 Å². The van der Waals surface area contributed by atoms with Crippen molar-refractivity contribution < 1.29 is 14.3 Å². The van der Waals surface area contributed by atoms with Crippen molar-refractivity contribution in [3.05, 3.63) is 47.3 Å². The lowest BCUT2D eigenvalue weighted by Gasteiger charge is -2.20. The predicted octanol–water partition coefficient (Wildman–Crippen LogP) is 3.37. The average molecular weight is 490 g/mol. The molecule has 0 spiro atoms. The molecular weight excluding hydrogens is 466 g/mol. The molecular formula is C21H24ClN7O3S. The number of nitrogens with zero attached hydrogens (tertiary/aromatic N) is 5. The van der Waals surface area contributed by atoms with E-state index in [9.17, 15) is 4.79 Å². The van der Waals surface area contributed by atoms with Crippen molar-refractivity contribution in [1.82, 2.24) is 30.0 Å². The smallest absolute Gasteiger partial charge is 0.239 e. The molecule has 0 bridgehead atoms. The van der Waals surface area contributed by atoms with Gasteiger partial charge in [0.25, 0.3) is 0 Å². The third kappa shape index (κ3) is 5.14. The van der Waals surface area contributed by atoms with Gasteiger partial charge in [0.15, 0.2) is 5.82 Å². The Labute approximate surface area is 200 Å². The number of hydrogen-bond acceptors (Lipinski definition) is 9. The Hall–Kier alpha value is -3.05. The fraction of sp³-hybridized carbons (Fsp3) is 0.381. The zero-order valence-corrected chi connectivity index (χ0v) is 20.0. The molecule has 4 rings (SSSR count). The highest BCUT2D eigenvalue weighted by atomic mass is 35.5. The zero-order valence-electron chi connectivity index (χ0n) is 18.4. The Bertz CT molecular complexity index is 1100. The first-order valence-corrected chi connectivity index (χ1v) is 11.6. The minimum atomic E-state index is -0.264. The Morgan fingerprint density at radius 2 is 1.94 bits per heavy atom. The van der Waals surface area contributed by atoms with Crippen molar-refractivity contribution in [2.75, 3.05) is 18.9 Å². The van der Waals surface area contributed by atoms with Crippen molar-refractivity contribution in [2.24, 2.45) is 0 Å². The first-order chi connectivity index (χ1) is 16.0. The molecule has 1 amide bonds. The number of methoxy groups -OCH3 is 2. The quantitative estimate of drug-likeness (QED) is 0.436. The largest absolute Gasteiger partial charge is 0.494 e. The van der Waals surface area contributed by atoms with Crippen LogP contribution >= 0.6 is 23.5 Å². The number of anilines is 1. The minimum Gasteiger partial charge on any atom is -0.494 e. The SMILES string of the molecule is COc1cccc(OC)c1-n1c(NSC(C)Cc2ncc(Cl)cn2)nnc1C1CCC(=O)N1. The van der Waals surface area contributed by atoms with E-state index in [2.05, 4.69) is 37.1 Å². The predicted molar refractivity (Wildman–Crippen MR) is 126 cm³/mol. The van der Waals surface area contributed by atoms with E-state index >= 15 is 0 Å². The van der Waals surface area contributed by atoms with Gasteiger partial charge in [-0.2, -0.15) is 0 Å². The lowest BCUT2D eigenvalue weighted by molar-refractivity contribution is -0.119. The fourth-order valence-corrected chi connectivity index (χ4v) is 4.33. The van der Waals surface area contributed by atoms with Gasteiger partial charge in [0.2, 0.25) is 11.9 Å². The first kappa shape index (κ1) is 23.1. The molecule has 1 aromatic carbocycles. The van der Waals surface area contributed by atoms with Gasteiger partial charge in [0.05, 0.1) is 25.3 Å². The standard InChI is InChI=1S/C21H24ClN7O3S/c1-12(9-17-23-10-13(22)11-24-17)33-28-21-27-26-20(14-7-8-18(30)25-14)29(21)19-15(31-2)5-4-6-16(19)32-3/h4-6,10-12,14H,7-9H2,1-3H3,(H,25,30)(H,27,28). The van der Waals surface area contributed by atoms with Gasteiger partial charge >= 0.3 is 0 Å². The van der Waals surface area contributed by atoms with Crippen LogP contribution in [0.4, 0.5) is 5.95 Å². The van der Waals surface area contributed by atoms with E-state index in [0.717, 1.165) is 0 Å². The maximum absolute atomic E-state index is 11.9. The summed E-state index contributed by atoms with van der Waals surface area (Å²) in [6.45, 7) is 2.05. The minimum absolute atomic E-state index is 0.0120. The van der Waals surface area contributed by atoms with Crippen LogP contribution in [0.1, 0.15) is 37.5 Å². The van der Waals surface area contributed by atoms with Gasteiger partial charge in [-0.05, 0) is 30.5 Å². The van der Waals surface area contributed by atoms with Gasteiger partial charge in [0, 0.05) is 30.5 Å². The van der Waals surface area contributed by atoms with Gasteiger partial charge in [-0.15, -0.1) is 10.2 Å². The Balaban J connectivity index is 1.64. The molecule has 0 saturated carbocycles. The second kappa shape index (κ2) is 10.3. The molecule has 1 aliphatic rings. The third-order valence-electron chi connectivity index (χ3n) is 5.12. The second-order valence-corrected chi connectivity index (χ2v) is 9.12. The highest BCUT2D eigenvalue weighted by Gasteiger charge is 2.31. The van der Waals surface area contributed by atoms with E-state index in [1.165, 1.54) is 11.9 Å². The van der Waals surface area contributed by atoms with Gasteiger partial charge in [0.1, 0.15) is 23.0 Å². The Morgan fingerprint density at radius 3 is 2.55 bits per heavy atom. The number of para-hydroxylation sites is 1. The highest BCUT2D eigenvalue weighted by Crippen LogP contribution is 2.38. The van der Waals surface area contributed by atoms with Crippen LogP contribution in [0.2, 0.25) is 5.02 Å². The van der Waals surface area contributed by atoms with Gasteiger partial charge < -0.3 is 14.8 Å². The number of benzene rings is 1.